The molecule has 2 heterocycles. The van der Waals surface area contributed by atoms with Crippen molar-refractivity contribution in [1.29, 1.82) is 0 Å². The van der Waals surface area contributed by atoms with Crippen molar-refractivity contribution < 1.29 is 14.0 Å². The number of hydrogen-bond donors (Lipinski definition) is 0. The van der Waals surface area contributed by atoms with E-state index in [-0.39, 0.29) is 6.04 Å². The van der Waals surface area contributed by atoms with Gasteiger partial charge < -0.3 is 14.0 Å². The van der Waals surface area contributed by atoms with E-state index in [1.54, 1.807) is 14.2 Å². The molecule has 1 fully saturated rings. The maximum absolute atomic E-state index is 5.54. The maximum Gasteiger partial charge on any atom is 0.240 e. The Morgan fingerprint density at radius 1 is 1.30 bits per heavy atom. The summed E-state index contributed by atoms with van der Waals surface area (Å²) in [4.78, 5) is 6.79. The monoisotopic (exact) mass is 317 g/mol. The summed E-state index contributed by atoms with van der Waals surface area (Å²) in [6, 6.07) is 6.23. The number of ether oxygens (including phenoxy) is 2. The van der Waals surface area contributed by atoms with E-state index in [1.165, 1.54) is 0 Å². The van der Waals surface area contributed by atoms with Crippen LogP contribution in [0, 0.1) is 0 Å². The molecule has 0 amide bonds. The topological polar surface area (TPSA) is 60.6 Å². The molecule has 0 spiro atoms. The van der Waals surface area contributed by atoms with E-state index in [9.17, 15) is 0 Å². The summed E-state index contributed by atoms with van der Waals surface area (Å²) in [6.07, 6.45) is 3.01. The van der Waals surface area contributed by atoms with Gasteiger partial charge in [-0.1, -0.05) is 12.1 Å². The Morgan fingerprint density at radius 2 is 2.17 bits per heavy atom. The minimum Gasteiger partial charge on any atom is -0.497 e. The molecular weight excluding hydrogens is 294 g/mol. The Kier molecular flexibility index (Phi) is 4.81. The van der Waals surface area contributed by atoms with Crippen LogP contribution in [0.15, 0.2) is 22.7 Å². The Bertz CT molecular complexity index is 656. The van der Waals surface area contributed by atoms with Crippen LogP contribution >= 0.6 is 0 Å². The van der Waals surface area contributed by atoms with Gasteiger partial charge in [0.2, 0.25) is 5.89 Å². The van der Waals surface area contributed by atoms with Gasteiger partial charge in [0.05, 0.1) is 20.8 Å². The van der Waals surface area contributed by atoms with Crippen molar-refractivity contribution in [2.45, 2.75) is 38.8 Å². The third-order valence-electron chi connectivity index (χ3n) is 4.32. The molecule has 1 aromatic heterocycles. The average molecular weight is 317 g/mol. The number of aryl methyl sites for hydroxylation is 1. The number of rotatable bonds is 6. The normalized spacial score (nSPS) is 18.3. The Morgan fingerprint density at radius 3 is 2.87 bits per heavy atom. The minimum absolute atomic E-state index is 0.275. The van der Waals surface area contributed by atoms with Crippen LogP contribution in [0.2, 0.25) is 0 Å². The maximum atomic E-state index is 5.54. The van der Waals surface area contributed by atoms with Crippen molar-refractivity contribution in [1.82, 2.24) is 15.0 Å². The van der Waals surface area contributed by atoms with Crippen LogP contribution in [0.1, 0.15) is 43.1 Å². The molecule has 1 aliphatic heterocycles. The molecule has 2 aromatic rings. The lowest BCUT2D eigenvalue weighted by Crippen LogP contribution is -2.23. The summed E-state index contributed by atoms with van der Waals surface area (Å²) in [5.74, 6) is 3.17. The quantitative estimate of drug-likeness (QED) is 0.816. The molecule has 3 rings (SSSR count). The van der Waals surface area contributed by atoms with Crippen molar-refractivity contribution in [3.8, 4) is 11.5 Å². The zero-order valence-electron chi connectivity index (χ0n) is 13.9. The highest BCUT2D eigenvalue weighted by Crippen LogP contribution is 2.39. The van der Waals surface area contributed by atoms with E-state index in [0.29, 0.717) is 12.4 Å². The van der Waals surface area contributed by atoms with Gasteiger partial charge in [0.15, 0.2) is 5.82 Å². The minimum atomic E-state index is 0.275. The molecule has 23 heavy (non-hydrogen) atoms. The smallest absolute Gasteiger partial charge is 0.240 e. The van der Waals surface area contributed by atoms with Gasteiger partial charge >= 0.3 is 0 Å². The van der Waals surface area contributed by atoms with Gasteiger partial charge in [-0.05, 0) is 37.6 Å². The molecule has 1 atom stereocenters. The Hall–Kier alpha value is -2.08. The van der Waals surface area contributed by atoms with E-state index in [0.717, 1.165) is 48.7 Å². The molecule has 1 aliphatic rings. The molecule has 0 saturated carbocycles. The van der Waals surface area contributed by atoms with E-state index < -0.39 is 0 Å². The van der Waals surface area contributed by atoms with Gasteiger partial charge in [-0.15, -0.1) is 0 Å². The summed E-state index contributed by atoms with van der Waals surface area (Å²) in [6.45, 7) is 3.70. The van der Waals surface area contributed by atoms with Crippen LogP contribution in [-0.4, -0.2) is 35.8 Å². The number of aromatic nitrogens is 2. The van der Waals surface area contributed by atoms with E-state index >= 15 is 0 Å². The van der Waals surface area contributed by atoms with Gasteiger partial charge in [0, 0.05) is 18.0 Å². The summed E-state index contributed by atoms with van der Waals surface area (Å²) < 4.78 is 16.3. The summed E-state index contributed by atoms with van der Waals surface area (Å²) in [5, 5.41) is 3.98. The Balaban J connectivity index is 1.83. The van der Waals surface area contributed by atoms with Crippen LogP contribution in [0.5, 0.6) is 11.5 Å². The molecular formula is C17H23N3O3. The first-order valence-electron chi connectivity index (χ1n) is 8.02. The van der Waals surface area contributed by atoms with E-state index in [2.05, 4.69) is 21.1 Å². The van der Waals surface area contributed by atoms with E-state index in [1.807, 2.05) is 19.1 Å². The van der Waals surface area contributed by atoms with Crippen molar-refractivity contribution in [3.05, 3.63) is 35.5 Å². The van der Waals surface area contributed by atoms with Gasteiger partial charge in [-0.2, -0.15) is 4.98 Å². The highest BCUT2D eigenvalue weighted by molar-refractivity contribution is 5.42. The summed E-state index contributed by atoms with van der Waals surface area (Å²) in [5.41, 5.74) is 1.15. The molecule has 0 unspecified atom stereocenters. The van der Waals surface area contributed by atoms with Gasteiger partial charge in [-0.3, -0.25) is 4.90 Å². The van der Waals surface area contributed by atoms with E-state index in [4.69, 9.17) is 14.0 Å². The molecule has 0 aliphatic carbocycles. The lowest BCUT2D eigenvalue weighted by Gasteiger charge is -2.25. The average Bonchev–Trinajstić information content (AvgIpc) is 3.23. The fraction of sp³-hybridized carbons (Fsp3) is 0.529. The predicted octanol–water partition coefficient (Wildman–Crippen LogP) is 2.99. The second-order valence-corrected chi connectivity index (χ2v) is 5.69. The fourth-order valence-electron chi connectivity index (χ4n) is 3.14. The van der Waals surface area contributed by atoms with Crippen LogP contribution < -0.4 is 9.47 Å². The van der Waals surface area contributed by atoms with Crippen molar-refractivity contribution in [2.75, 3.05) is 20.8 Å². The molecule has 124 valence electrons. The highest BCUT2D eigenvalue weighted by Gasteiger charge is 2.30. The molecule has 1 saturated heterocycles. The van der Waals surface area contributed by atoms with Gasteiger partial charge in [0.25, 0.3) is 0 Å². The second kappa shape index (κ2) is 7.00. The van der Waals surface area contributed by atoms with Crippen LogP contribution in [0.25, 0.3) is 0 Å². The van der Waals surface area contributed by atoms with Crippen molar-refractivity contribution in [3.63, 3.8) is 0 Å². The summed E-state index contributed by atoms with van der Waals surface area (Å²) in [7, 11) is 3.39. The molecule has 1 aromatic carbocycles. The third kappa shape index (κ3) is 3.32. The molecule has 0 radical (unpaired) electrons. The van der Waals surface area contributed by atoms with Crippen molar-refractivity contribution >= 4 is 0 Å². The standard InChI is InChI=1S/C17H23N3O3/c1-4-16-18-17(23-19-16)11-20-9-5-6-14(20)13-10-12(21-2)7-8-15(13)22-3/h7-8,10,14H,4-6,9,11H2,1-3H3/t14-/m0/s1. The zero-order valence-corrected chi connectivity index (χ0v) is 13.9. The first-order chi connectivity index (χ1) is 11.2. The highest BCUT2D eigenvalue weighted by atomic mass is 16.5. The predicted molar refractivity (Wildman–Crippen MR) is 85.6 cm³/mol. The number of hydrogen-bond acceptors (Lipinski definition) is 6. The Labute approximate surface area is 136 Å². The molecule has 6 nitrogen and oxygen atoms in total. The zero-order chi connectivity index (χ0) is 16.2. The van der Waals surface area contributed by atoms with Gasteiger partial charge in [-0.25, -0.2) is 0 Å². The third-order valence-corrected chi connectivity index (χ3v) is 4.32. The van der Waals surface area contributed by atoms with Crippen LogP contribution in [0.3, 0.4) is 0 Å². The SMILES string of the molecule is CCc1noc(CN2CCC[C@H]2c2cc(OC)ccc2OC)n1. The molecule has 6 heteroatoms. The number of methoxy groups -OCH3 is 2. The van der Waals surface area contributed by atoms with Crippen LogP contribution in [0.4, 0.5) is 0 Å². The number of likely N-dealkylation sites (tertiary alicyclic amines) is 1. The molecule has 0 N–H and O–H groups in total. The number of nitrogens with zero attached hydrogens (tertiary/aromatic N) is 3. The van der Waals surface area contributed by atoms with Crippen LogP contribution in [-0.2, 0) is 13.0 Å². The summed E-state index contributed by atoms with van der Waals surface area (Å²) >= 11 is 0. The first kappa shape index (κ1) is 15.8. The molecule has 0 bridgehead atoms. The lowest BCUT2D eigenvalue weighted by molar-refractivity contribution is 0.208. The van der Waals surface area contributed by atoms with Crippen molar-refractivity contribution in [2.24, 2.45) is 0 Å². The number of benzene rings is 1. The second-order valence-electron chi connectivity index (χ2n) is 5.69. The fourth-order valence-corrected chi connectivity index (χ4v) is 3.14. The largest absolute Gasteiger partial charge is 0.497 e. The lowest BCUT2D eigenvalue weighted by atomic mass is 10.0. The van der Waals surface area contributed by atoms with Gasteiger partial charge in [0.1, 0.15) is 11.5 Å². The first-order valence-corrected chi connectivity index (χ1v) is 8.02.